The molecule has 2 amide bonds. The molecule has 0 aromatic carbocycles. The van der Waals surface area contributed by atoms with Gasteiger partial charge in [-0.2, -0.15) is 0 Å². The quantitative estimate of drug-likeness (QED) is 0.801. The Hall–Kier alpha value is -1.30. The fourth-order valence-corrected chi connectivity index (χ4v) is 2.13. The van der Waals surface area contributed by atoms with Gasteiger partial charge in [0.15, 0.2) is 0 Å². The van der Waals surface area contributed by atoms with Gasteiger partial charge in [0.1, 0.15) is 12.6 Å². The van der Waals surface area contributed by atoms with Gasteiger partial charge in [0.25, 0.3) is 0 Å². The molecule has 6 heteroatoms. The molecule has 1 aliphatic heterocycles. The summed E-state index contributed by atoms with van der Waals surface area (Å²) in [5.41, 5.74) is 0. The number of alkyl carbamates (subject to hydrolysis) is 1. The van der Waals surface area contributed by atoms with Gasteiger partial charge in [-0.3, -0.25) is 4.79 Å². The second-order valence-electron chi connectivity index (χ2n) is 5.55. The van der Waals surface area contributed by atoms with Crippen LogP contribution in [0, 0.1) is 5.92 Å². The van der Waals surface area contributed by atoms with E-state index in [-0.39, 0.29) is 30.5 Å². The van der Waals surface area contributed by atoms with Gasteiger partial charge in [0, 0.05) is 13.7 Å². The van der Waals surface area contributed by atoms with Crippen molar-refractivity contribution in [3.8, 4) is 0 Å². The highest BCUT2D eigenvalue weighted by Crippen LogP contribution is 2.17. The minimum absolute atomic E-state index is 0.0239. The van der Waals surface area contributed by atoms with Gasteiger partial charge in [-0.15, -0.1) is 0 Å². The molecule has 1 N–H and O–H groups in total. The number of methoxy groups -OCH3 is 1. The van der Waals surface area contributed by atoms with E-state index in [0.29, 0.717) is 6.61 Å². The highest BCUT2D eigenvalue weighted by Gasteiger charge is 2.28. The number of rotatable bonds is 6. The standard InChI is InChI=1S/C14H26N2O4/c1-10(2)11(3)20-14(18)15-8-13(17)16-7-5-6-12(16)9-19-4/h10-12H,5-9H2,1-4H3,(H,15,18)/t11?,12-/m0/s1. The van der Waals surface area contributed by atoms with Crippen molar-refractivity contribution in [3.63, 3.8) is 0 Å². The lowest BCUT2D eigenvalue weighted by Gasteiger charge is -2.24. The molecule has 0 bridgehead atoms. The summed E-state index contributed by atoms with van der Waals surface area (Å²) in [4.78, 5) is 25.4. The largest absolute Gasteiger partial charge is 0.446 e. The first-order valence-corrected chi connectivity index (χ1v) is 7.18. The molecule has 0 aromatic heterocycles. The van der Waals surface area contributed by atoms with Crippen molar-refractivity contribution in [2.75, 3.05) is 26.8 Å². The molecule has 1 heterocycles. The summed E-state index contributed by atoms with van der Waals surface area (Å²) in [6.07, 6.45) is 1.23. The number of ether oxygens (including phenoxy) is 2. The third-order valence-electron chi connectivity index (χ3n) is 3.67. The number of carbonyl (C=O) groups is 2. The zero-order valence-electron chi connectivity index (χ0n) is 12.8. The molecule has 0 spiro atoms. The second kappa shape index (κ2) is 8.09. The Morgan fingerprint density at radius 3 is 2.65 bits per heavy atom. The van der Waals surface area contributed by atoms with Gasteiger partial charge in [-0.25, -0.2) is 4.79 Å². The van der Waals surface area contributed by atoms with Crippen LogP contribution in [0.1, 0.15) is 33.6 Å². The number of hydrogen-bond donors (Lipinski definition) is 1. The molecular formula is C14H26N2O4. The lowest BCUT2D eigenvalue weighted by Crippen LogP contribution is -2.44. The van der Waals surface area contributed by atoms with Crippen LogP contribution in [-0.4, -0.2) is 55.9 Å². The minimum atomic E-state index is -0.540. The first-order valence-electron chi connectivity index (χ1n) is 7.18. The molecule has 0 aliphatic carbocycles. The van der Waals surface area contributed by atoms with Crippen LogP contribution in [0.25, 0.3) is 0 Å². The zero-order valence-corrected chi connectivity index (χ0v) is 12.8. The third-order valence-corrected chi connectivity index (χ3v) is 3.67. The van der Waals surface area contributed by atoms with Crippen molar-refractivity contribution in [1.82, 2.24) is 10.2 Å². The van der Waals surface area contributed by atoms with E-state index in [1.165, 1.54) is 0 Å². The summed E-state index contributed by atoms with van der Waals surface area (Å²) in [7, 11) is 1.63. The average molecular weight is 286 g/mol. The Bertz CT molecular complexity index is 333. The van der Waals surface area contributed by atoms with Gasteiger partial charge >= 0.3 is 6.09 Å². The molecule has 0 aromatic rings. The summed E-state index contributed by atoms with van der Waals surface area (Å²) < 4.78 is 10.3. The van der Waals surface area contributed by atoms with Crippen LogP contribution in [0.15, 0.2) is 0 Å². The second-order valence-corrected chi connectivity index (χ2v) is 5.55. The molecular weight excluding hydrogens is 260 g/mol. The van der Waals surface area contributed by atoms with Crippen LogP contribution in [0.4, 0.5) is 4.79 Å². The first-order chi connectivity index (χ1) is 9.45. The van der Waals surface area contributed by atoms with Crippen LogP contribution in [0.3, 0.4) is 0 Å². The number of carbonyl (C=O) groups excluding carboxylic acids is 2. The van der Waals surface area contributed by atoms with Gasteiger partial charge < -0.3 is 19.7 Å². The Kier molecular flexibility index (Phi) is 6.78. The predicted octanol–water partition coefficient (Wildman–Crippen LogP) is 1.39. The maximum Gasteiger partial charge on any atom is 0.407 e. The molecule has 1 unspecified atom stereocenters. The van der Waals surface area contributed by atoms with Gasteiger partial charge in [-0.1, -0.05) is 13.8 Å². The van der Waals surface area contributed by atoms with Crippen molar-refractivity contribution in [2.45, 2.75) is 45.8 Å². The number of amides is 2. The van der Waals surface area contributed by atoms with E-state index in [2.05, 4.69) is 5.32 Å². The highest BCUT2D eigenvalue weighted by molar-refractivity contribution is 5.82. The topological polar surface area (TPSA) is 67.9 Å². The average Bonchev–Trinajstić information content (AvgIpc) is 2.84. The van der Waals surface area contributed by atoms with E-state index >= 15 is 0 Å². The Labute approximate surface area is 120 Å². The number of likely N-dealkylation sites (tertiary alicyclic amines) is 1. The minimum Gasteiger partial charge on any atom is -0.446 e. The third kappa shape index (κ3) is 5.00. The number of nitrogens with zero attached hydrogens (tertiary/aromatic N) is 1. The molecule has 2 atom stereocenters. The van der Waals surface area contributed by atoms with Gasteiger partial charge in [-0.05, 0) is 25.7 Å². The van der Waals surface area contributed by atoms with Crippen molar-refractivity contribution < 1.29 is 19.1 Å². The van der Waals surface area contributed by atoms with Gasteiger partial charge in [0.05, 0.1) is 12.6 Å². The fourth-order valence-electron chi connectivity index (χ4n) is 2.13. The first kappa shape index (κ1) is 16.8. The highest BCUT2D eigenvalue weighted by atomic mass is 16.6. The summed E-state index contributed by atoms with van der Waals surface area (Å²) in [5, 5.41) is 2.51. The monoisotopic (exact) mass is 286 g/mol. The summed E-state index contributed by atoms with van der Waals surface area (Å²) in [6, 6.07) is 0.125. The van der Waals surface area contributed by atoms with E-state index in [1.54, 1.807) is 12.0 Å². The molecule has 1 saturated heterocycles. The Balaban J connectivity index is 2.33. The predicted molar refractivity (Wildman–Crippen MR) is 75.4 cm³/mol. The van der Waals surface area contributed by atoms with Crippen LogP contribution in [0.5, 0.6) is 0 Å². The zero-order chi connectivity index (χ0) is 15.1. The molecule has 20 heavy (non-hydrogen) atoms. The number of hydrogen-bond acceptors (Lipinski definition) is 4. The fraction of sp³-hybridized carbons (Fsp3) is 0.857. The van der Waals surface area contributed by atoms with E-state index in [1.807, 2.05) is 20.8 Å². The van der Waals surface area contributed by atoms with Crippen LogP contribution >= 0.6 is 0 Å². The Morgan fingerprint density at radius 1 is 1.35 bits per heavy atom. The molecule has 1 rings (SSSR count). The molecule has 116 valence electrons. The molecule has 1 aliphatic rings. The molecule has 1 fully saturated rings. The maximum absolute atomic E-state index is 12.1. The van der Waals surface area contributed by atoms with Crippen molar-refractivity contribution in [1.29, 1.82) is 0 Å². The molecule has 0 saturated carbocycles. The van der Waals surface area contributed by atoms with E-state index in [4.69, 9.17) is 9.47 Å². The lowest BCUT2D eigenvalue weighted by atomic mass is 10.1. The Morgan fingerprint density at radius 2 is 2.05 bits per heavy atom. The lowest BCUT2D eigenvalue weighted by molar-refractivity contribution is -0.131. The van der Waals surface area contributed by atoms with Crippen molar-refractivity contribution in [2.24, 2.45) is 5.92 Å². The summed E-state index contributed by atoms with van der Waals surface area (Å²) >= 11 is 0. The van der Waals surface area contributed by atoms with Crippen LogP contribution in [0.2, 0.25) is 0 Å². The summed E-state index contributed by atoms with van der Waals surface area (Å²) in [5.74, 6) is 0.166. The summed E-state index contributed by atoms with van der Waals surface area (Å²) in [6.45, 7) is 7.03. The molecule has 6 nitrogen and oxygen atoms in total. The molecule has 0 radical (unpaired) electrons. The van der Waals surface area contributed by atoms with E-state index in [9.17, 15) is 9.59 Å². The van der Waals surface area contributed by atoms with Crippen LogP contribution in [-0.2, 0) is 14.3 Å². The maximum atomic E-state index is 12.1. The van der Waals surface area contributed by atoms with Crippen molar-refractivity contribution >= 4 is 12.0 Å². The van der Waals surface area contributed by atoms with Crippen molar-refractivity contribution in [3.05, 3.63) is 0 Å². The van der Waals surface area contributed by atoms with Gasteiger partial charge in [0.2, 0.25) is 5.91 Å². The normalized spacial score (nSPS) is 20.1. The van der Waals surface area contributed by atoms with E-state index in [0.717, 1.165) is 19.4 Å². The van der Waals surface area contributed by atoms with Crippen LogP contribution < -0.4 is 5.32 Å². The SMILES string of the molecule is COC[C@@H]1CCCN1C(=O)CNC(=O)OC(C)C(C)C. The van der Waals surface area contributed by atoms with E-state index < -0.39 is 6.09 Å². The number of nitrogens with one attached hydrogen (secondary N) is 1. The smallest absolute Gasteiger partial charge is 0.407 e.